The van der Waals surface area contributed by atoms with Gasteiger partial charge in [-0.1, -0.05) is 48.5 Å². The third-order valence-corrected chi connectivity index (χ3v) is 2.98. The van der Waals surface area contributed by atoms with Crippen LogP contribution < -0.4 is 10.1 Å². The van der Waals surface area contributed by atoms with Crippen LogP contribution >= 0.6 is 0 Å². The third kappa shape index (κ3) is 4.43. The van der Waals surface area contributed by atoms with Crippen LogP contribution in [0.5, 0.6) is 5.75 Å². The van der Waals surface area contributed by atoms with E-state index in [9.17, 15) is 4.79 Å². The number of benzene rings is 2. The monoisotopic (exact) mass is 269 g/mol. The number of para-hydroxylation sites is 1. The number of carbonyl (C=O) groups is 1. The Kier molecular flexibility index (Phi) is 5.18. The number of hydrogen-bond donors (Lipinski definition) is 1. The molecule has 0 fully saturated rings. The highest BCUT2D eigenvalue weighted by atomic mass is 16.5. The molecule has 3 nitrogen and oxygen atoms in total. The molecular weight excluding hydrogens is 250 g/mol. The summed E-state index contributed by atoms with van der Waals surface area (Å²) < 4.78 is 5.62. The van der Waals surface area contributed by atoms with Gasteiger partial charge in [-0.3, -0.25) is 4.79 Å². The number of ether oxygens (including phenoxy) is 1. The summed E-state index contributed by atoms with van der Waals surface area (Å²) in [5.41, 5.74) is 2.12. The Morgan fingerprint density at radius 2 is 1.75 bits per heavy atom. The molecule has 0 aromatic heterocycles. The smallest absolute Gasteiger partial charge is 0.224 e. The zero-order chi connectivity index (χ0) is 14.2. The normalized spacial score (nSPS) is 10.1. The highest BCUT2D eigenvalue weighted by Crippen LogP contribution is 2.15. The second-order valence-electron chi connectivity index (χ2n) is 4.63. The molecule has 0 spiro atoms. The summed E-state index contributed by atoms with van der Waals surface area (Å²) in [4.78, 5) is 11.7. The van der Waals surface area contributed by atoms with Crippen molar-refractivity contribution in [2.45, 2.75) is 13.3 Å². The average Bonchev–Trinajstić information content (AvgIpc) is 2.46. The Morgan fingerprint density at radius 1 is 1.05 bits per heavy atom. The first-order valence-corrected chi connectivity index (χ1v) is 6.75. The molecule has 0 radical (unpaired) electrons. The summed E-state index contributed by atoms with van der Waals surface area (Å²) in [5.74, 6) is 0.884. The lowest BCUT2D eigenvalue weighted by Crippen LogP contribution is -2.29. The zero-order valence-corrected chi connectivity index (χ0v) is 11.6. The Bertz CT molecular complexity index is 552. The highest BCUT2D eigenvalue weighted by molar-refractivity contribution is 5.78. The second kappa shape index (κ2) is 7.34. The standard InChI is InChI=1S/C17H19NO2/c1-14-7-5-6-10-16(14)20-12-11-18-17(19)13-15-8-3-2-4-9-15/h2-10H,11-13H2,1H3,(H,18,19). The van der Waals surface area contributed by atoms with Gasteiger partial charge in [0.15, 0.2) is 0 Å². The lowest BCUT2D eigenvalue weighted by atomic mass is 10.1. The molecule has 0 aliphatic rings. The predicted octanol–water partition coefficient (Wildman–Crippen LogP) is 2.73. The minimum atomic E-state index is 0.0181. The molecule has 0 saturated heterocycles. The fraction of sp³-hybridized carbons (Fsp3) is 0.235. The minimum absolute atomic E-state index is 0.0181. The molecule has 0 bridgehead atoms. The molecule has 104 valence electrons. The van der Waals surface area contributed by atoms with Crippen LogP contribution in [0.15, 0.2) is 54.6 Å². The first-order chi connectivity index (χ1) is 9.75. The molecule has 0 unspecified atom stereocenters. The van der Waals surface area contributed by atoms with E-state index < -0.39 is 0 Å². The van der Waals surface area contributed by atoms with E-state index in [1.54, 1.807) is 0 Å². The number of aryl methyl sites for hydroxylation is 1. The summed E-state index contributed by atoms with van der Waals surface area (Å²) in [7, 11) is 0. The summed E-state index contributed by atoms with van der Waals surface area (Å²) in [6, 6.07) is 17.6. The molecule has 20 heavy (non-hydrogen) atoms. The Morgan fingerprint density at radius 3 is 2.50 bits per heavy atom. The van der Waals surface area contributed by atoms with Gasteiger partial charge in [-0.15, -0.1) is 0 Å². The Labute approximate surface area is 119 Å². The molecule has 0 saturated carbocycles. The van der Waals surface area contributed by atoms with Crippen LogP contribution in [0.3, 0.4) is 0 Å². The van der Waals surface area contributed by atoms with Crippen molar-refractivity contribution in [2.24, 2.45) is 0 Å². The molecule has 0 aliphatic heterocycles. The van der Waals surface area contributed by atoms with E-state index in [0.717, 1.165) is 16.9 Å². The van der Waals surface area contributed by atoms with Crippen LogP contribution in [0.2, 0.25) is 0 Å². The van der Waals surface area contributed by atoms with Gasteiger partial charge in [0.1, 0.15) is 12.4 Å². The van der Waals surface area contributed by atoms with E-state index in [2.05, 4.69) is 5.32 Å². The number of amides is 1. The fourth-order valence-corrected chi connectivity index (χ4v) is 1.91. The first-order valence-electron chi connectivity index (χ1n) is 6.75. The van der Waals surface area contributed by atoms with E-state index in [4.69, 9.17) is 4.74 Å². The maximum Gasteiger partial charge on any atom is 0.224 e. The number of carbonyl (C=O) groups excluding carboxylic acids is 1. The van der Waals surface area contributed by atoms with Crippen LogP contribution in [-0.4, -0.2) is 19.1 Å². The van der Waals surface area contributed by atoms with Gasteiger partial charge in [0, 0.05) is 0 Å². The van der Waals surface area contributed by atoms with E-state index in [-0.39, 0.29) is 5.91 Å². The van der Waals surface area contributed by atoms with Crippen molar-refractivity contribution < 1.29 is 9.53 Å². The summed E-state index contributed by atoms with van der Waals surface area (Å²) in [6.45, 7) is 2.99. The molecule has 3 heteroatoms. The lowest BCUT2D eigenvalue weighted by Gasteiger charge is -2.09. The molecule has 0 atom stereocenters. The van der Waals surface area contributed by atoms with Crippen molar-refractivity contribution in [1.29, 1.82) is 0 Å². The molecular formula is C17H19NO2. The first kappa shape index (κ1) is 14.1. The van der Waals surface area contributed by atoms with Crippen LogP contribution in [0.25, 0.3) is 0 Å². The third-order valence-electron chi connectivity index (χ3n) is 2.98. The van der Waals surface area contributed by atoms with Gasteiger partial charge in [-0.25, -0.2) is 0 Å². The molecule has 2 rings (SSSR count). The SMILES string of the molecule is Cc1ccccc1OCCNC(=O)Cc1ccccc1. The van der Waals surface area contributed by atoms with Gasteiger partial charge in [0.2, 0.25) is 5.91 Å². The Balaban J connectivity index is 1.69. The molecule has 0 heterocycles. The predicted molar refractivity (Wildman–Crippen MR) is 79.8 cm³/mol. The molecule has 1 amide bonds. The average molecular weight is 269 g/mol. The van der Waals surface area contributed by atoms with Gasteiger partial charge < -0.3 is 10.1 Å². The molecule has 0 aliphatic carbocycles. The Hall–Kier alpha value is -2.29. The fourth-order valence-electron chi connectivity index (χ4n) is 1.91. The van der Waals surface area contributed by atoms with Crippen molar-refractivity contribution in [3.05, 3.63) is 65.7 Å². The second-order valence-corrected chi connectivity index (χ2v) is 4.63. The van der Waals surface area contributed by atoms with Gasteiger partial charge in [-0.05, 0) is 24.1 Å². The number of nitrogens with one attached hydrogen (secondary N) is 1. The minimum Gasteiger partial charge on any atom is -0.491 e. The van der Waals surface area contributed by atoms with Crippen LogP contribution in [0.4, 0.5) is 0 Å². The summed E-state index contributed by atoms with van der Waals surface area (Å²) >= 11 is 0. The van der Waals surface area contributed by atoms with Crippen molar-refractivity contribution in [3.8, 4) is 5.75 Å². The number of rotatable bonds is 6. The van der Waals surface area contributed by atoms with Crippen LogP contribution in [0, 0.1) is 6.92 Å². The van der Waals surface area contributed by atoms with Crippen LogP contribution in [0.1, 0.15) is 11.1 Å². The lowest BCUT2D eigenvalue weighted by molar-refractivity contribution is -0.120. The van der Waals surface area contributed by atoms with E-state index in [1.165, 1.54) is 0 Å². The van der Waals surface area contributed by atoms with E-state index >= 15 is 0 Å². The van der Waals surface area contributed by atoms with E-state index in [1.807, 2.05) is 61.5 Å². The highest BCUT2D eigenvalue weighted by Gasteiger charge is 2.02. The maximum absolute atomic E-state index is 11.7. The van der Waals surface area contributed by atoms with Crippen molar-refractivity contribution in [3.63, 3.8) is 0 Å². The van der Waals surface area contributed by atoms with Crippen molar-refractivity contribution >= 4 is 5.91 Å². The molecule has 2 aromatic carbocycles. The van der Waals surface area contributed by atoms with Gasteiger partial charge in [-0.2, -0.15) is 0 Å². The zero-order valence-electron chi connectivity index (χ0n) is 11.6. The van der Waals surface area contributed by atoms with E-state index in [0.29, 0.717) is 19.6 Å². The number of hydrogen-bond acceptors (Lipinski definition) is 2. The van der Waals surface area contributed by atoms with Gasteiger partial charge in [0.05, 0.1) is 13.0 Å². The van der Waals surface area contributed by atoms with Gasteiger partial charge in [0.25, 0.3) is 0 Å². The quantitative estimate of drug-likeness (QED) is 0.819. The summed E-state index contributed by atoms with van der Waals surface area (Å²) in [5, 5.41) is 2.86. The molecule has 1 N–H and O–H groups in total. The largest absolute Gasteiger partial charge is 0.491 e. The van der Waals surface area contributed by atoms with Crippen molar-refractivity contribution in [1.82, 2.24) is 5.32 Å². The molecule has 2 aromatic rings. The van der Waals surface area contributed by atoms with Crippen molar-refractivity contribution in [2.75, 3.05) is 13.2 Å². The van der Waals surface area contributed by atoms with Crippen LogP contribution in [-0.2, 0) is 11.2 Å². The summed E-state index contributed by atoms with van der Waals surface area (Å²) in [6.07, 6.45) is 0.408. The topological polar surface area (TPSA) is 38.3 Å². The maximum atomic E-state index is 11.7. The van der Waals surface area contributed by atoms with Gasteiger partial charge >= 0.3 is 0 Å².